The second-order valence-electron chi connectivity index (χ2n) is 10.5. The second-order valence-corrected chi connectivity index (χ2v) is 10.5. The van der Waals surface area contributed by atoms with Crippen molar-refractivity contribution in [2.75, 3.05) is 6.61 Å². The number of carbonyl (C=O) groups is 1. The number of benzene rings is 2. The number of hydrazone groups is 1. The number of amides is 1. The first kappa shape index (κ1) is 25.0. The van der Waals surface area contributed by atoms with Crippen LogP contribution in [0.25, 0.3) is 10.9 Å². The fourth-order valence-corrected chi connectivity index (χ4v) is 4.91. The van der Waals surface area contributed by atoms with Gasteiger partial charge in [0, 0.05) is 10.9 Å². The minimum atomic E-state index is -0.838. The molecule has 1 amide bonds. The van der Waals surface area contributed by atoms with Crippen LogP contribution in [0.2, 0.25) is 0 Å². The number of hydrogen-bond acceptors (Lipinski definition) is 8. The van der Waals surface area contributed by atoms with Crippen molar-refractivity contribution in [1.29, 1.82) is 0 Å². The van der Waals surface area contributed by atoms with E-state index in [-0.39, 0.29) is 0 Å². The van der Waals surface area contributed by atoms with Gasteiger partial charge < -0.3 is 33.4 Å². The lowest BCUT2D eigenvalue weighted by atomic mass is 10.1. The molecule has 3 fully saturated rings. The van der Waals surface area contributed by atoms with Crippen molar-refractivity contribution in [2.24, 2.45) is 5.10 Å². The Morgan fingerprint density at radius 3 is 2.61 bits per heavy atom. The Morgan fingerprint density at radius 1 is 1.03 bits per heavy atom. The molecule has 2 aromatic carbocycles. The van der Waals surface area contributed by atoms with E-state index < -0.39 is 42.1 Å². The zero-order chi connectivity index (χ0) is 26.5. The minimum absolute atomic E-state index is 0.324. The molecule has 2 N–H and O–H groups in total. The highest BCUT2D eigenvalue weighted by molar-refractivity contribution is 6.00. The molecule has 10 nitrogen and oxygen atoms in total. The van der Waals surface area contributed by atoms with E-state index in [0.717, 1.165) is 16.5 Å². The van der Waals surface area contributed by atoms with Crippen LogP contribution in [0.4, 0.5) is 0 Å². The number of nitrogens with one attached hydrogen (secondary N) is 2. The molecular formula is C28H31N3O7. The van der Waals surface area contributed by atoms with Crippen molar-refractivity contribution in [3.05, 3.63) is 65.9 Å². The summed E-state index contributed by atoms with van der Waals surface area (Å²) >= 11 is 0. The number of nitrogens with zero attached hydrogens (tertiary/aromatic N) is 1. The Hall–Kier alpha value is -3.28. The standard InChI is InChI=1S/C28H31N3O7/c1-27(2)34-15-21(36-27)23-22(24-26(35-23)38-28(3,4)37-24)30-31-25(32)20-13-17-12-18(10-11-19(17)29-20)33-14-16-8-6-5-7-9-16/h5-13,21,23-24,26,29H,14-15H2,1-4H3,(H,31,32)/b30-22+. The van der Waals surface area contributed by atoms with Crippen LogP contribution in [0, 0.1) is 0 Å². The summed E-state index contributed by atoms with van der Waals surface area (Å²) in [5.74, 6) is -1.26. The summed E-state index contributed by atoms with van der Waals surface area (Å²) in [5.41, 5.74) is 5.40. The van der Waals surface area contributed by atoms with Crippen LogP contribution in [0.15, 0.2) is 59.7 Å². The molecule has 6 rings (SSSR count). The Balaban J connectivity index is 1.18. The molecule has 3 aromatic rings. The normalized spacial score (nSPS) is 28.6. The number of rotatable bonds is 6. The van der Waals surface area contributed by atoms with E-state index in [1.807, 2.05) is 62.4 Å². The topological polar surface area (TPSA) is 113 Å². The van der Waals surface area contributed by atoms with Gasteiger partial charge in [0.1, 0.15) is 36.0 Å². The van der Waals surface area contributed by atoms with Gasteiger partial charge in [0.25, 0.3) is 5.91 Å². The van der Waals surface area contributed by atoms with E-state index in [2.05, 4.69) is 15.5 Å². The molecule has 4 heterocycles. The summed E-state index contributed by atoms with van der Waals surface area (Å²) in [7, 11) is 0. The molecule has 4 unspecified atom stereocenters. The average Bonchev–Trinajstić information content (AvgIpc) is 3.62. The number of ether oxygens (including phenoxy) is 6. The first-order chi connectivity index (χ1) is 18.2. The van der Waals surface area contributed by atoms with Crippen molar-refractivity contribution in [3.8, 4) is 5.75 Å². The molecule has 0 saturated carbocycles. The van der Waals surface area contributed by atoms with Gasteiger partial charge in [0.15, 0.2) is 24.0 Å². The van der Waals surface area contributed by atoms with Crippen LogP contribution in [-0.2, 0) is 30.3 Å². The lowest BCUT2D eigenvalue weighted by Crippen LogP contribution is -2.41. The SMILES string of the molecule is CC1(C)OCC(C2OC3OC(C)(C)OC3/C2=N/NC(=O)c2cc3cc(OCc4ccccc4)ccc3[nH]2)O1. The third kappa shape index (κ3) is 5.05. The summed E-state index contributed by atoms with van der Waals surface area (Å²) < 4.78 is 35.7. The van der Waals surface area contributed by atoms with Crippen molar-refractivity contribution in [2.45, 2.75) is 70.5 Å². The molecule has 3 aliphatic heterocycles. The van der Waals surface area contributed by atoms with Crippen LogP contribution in [-0.4, -0.2) is 59.4 Å². The molecular weight excluding hydrogens is 490 g/mol. The van der Waals surface area contributed by atoms with Gasteiger partial charge in [-0.15, -0.1) is 0 Å². The van der Waals surface area contributed by atoms with Gasteiger partial charge in [-0.1, -0.05) is 30.3 Å². The lowest BCUT2D eigenvalue weighted by molar-refractivity contribution is -0.211. The Morgan fingerprint density at radius 2 is 1.84 bits per heavy atom. The average molecular weight is 522 g/mol. The maximum atomic E-state index is 13.1. The van der Waals surface area contributed by atoms with E-state index in [1.165, 1.54) is 0 Å². The Labute approximate surface area is 220 Å². The van der Waals surface area contributed by atoms with Crippen molar-refractivity contribution in [3.63, 3.8) is 0 Å². The zero-order valence-corrected chi connectivity index (χ0v) is 21.7. The largest absolute Gasteiger partial charge is 0.489 e. The molecule has 4 atom stereocenters. The van der Waals surface area contributed by atoms with Crippen LogP contribution in [0.5, 0.6) is 5.75 Å². The summed E-state index contributed by atoms with van der Waals surface area (Å²) in [6, 6.07) is 17.4. The minimum Gasteiger partial charge on any atom is -0.489 e. The predicted molar refractivity (Wildman–Crippen MR) is 138 cm³/mol. The molecule has 0 spiro atoms. The molecule has 38 heavy (non-hydrogen) atoms. The molecule has 10 heteroatoms. The number of fused-ring (bicyclic) bond motifs is 2. The molecule has 0 bridgehead atoms. The maximum absolute atomic E-state index is 13.1. The second kappa shape index (κ2) is 9.48. The number of aromatic nitrogens is 1. The van der Waals surface area contributed by atoms with Gasteiger partial charge in [-0.05, 0) is 57.5 Å². The number of hydrogen-bond donors (Lipinski definition) is 2. The lowest BCUT2D eigenvalue weighted by Gasteiger charge is -2.24. The summed E-state index contributed by atoms with van der Waals surface area (Å²) in [6.45, 7) is 8.07. The highest BCUT2D eigenvalue weighted by Crippen LogP contribution is 2.39. The van der Waals surface area contributed by atoms with E-state index in [9.17, 15) is 4.79 Å². The van der Waals surface area contributed by atoms with Crippen molar-refractivity contribution < 1.29 is 33.2 Å². The van der Waals surface area contributed by atoms with Crippen molar-refractivity contribution in [1.82, 2.24) is 10.4 Å². The predicted octanol–water partition coefficient (Wildman–Crippen LogP) is 3.86. The molecule has 200 valence electrons. The number of H-pyrrole nitrogens is 1. The molecule has 0 radical (unpaired) electrons. The van der Waals surface area contributed by atoms with Gasteiger partial charge in [-0.3, -0.25) is 4.79 Å². The summed E-state index contributed by atoms with van der Waals surface area (Å²) in [6.07, 6.45) is -2.23. The third-order valence-electron chi connectivity index (χ3n) is 6.66. The van der Waals surface area contributed by atoms with Gasteiger partial charge >= 0.3 is 0 Å². The summed E-state index contributed by atoms with van der Waals surface area (Å²) in [4.78, 5) is 16.2. The van der Waals surface area contributed by atoms with Gasteiger partial charge in [0.05, 0.1) is 6.61 Å². The molecule has 1 aromatic heterocycles. The highest BCUT2D eigenvalue weighted by Gasteiger charge is 2.56. The summed E-state index contributed by atoms with van der Waals surface area (Å²) in [5, 5.41) is 5.29. The van der Waals surface area contributed by atoms with Crippen LogP contribution in [0.3, 0.4) is 0 Å². The Kier molecular flexibility index (Phi) is 6.24. The van der Waals surface area contributed by atoms with E-state index in [1.54, 1.807) is 19.9 Å². The van der Waals surface area contributed by atoms with Gasteiger partial charge in [-0.2, -0.15) is 5.10 Å². The van der Waals surface area contributed by atoms with Gasteiger partial charge in [-0.25, -0.2) is 5.43 Å². The molecule has 3 aliphatic rings. The maximum Gasteiger partial charge on any atom is 0.287 e. The quantitative estimate of drug-likeness (QED) is 0.474. The van der Waals surface area contributed by atoms with Crippen molar-refractivity contribution >= 4 is 22.5 Å². The number of carbonyl (C=O) groups excluding carboxylic acids is 1. The molecule has 3 saturated heterocycles. The van der Waals surface area contributed by atoms with E-state index in [4.69, 9.17) is 28.4 Å². The molecule has 0 aliphatic carbocycles. The fraction of sp³-hybridized carbons (Fsp3) is 0.429. The Bertz CT molecular complexity index is 1370. The highest BCUT2D eigenvalue weighted by atomic mass is 16.8. The van der Waals surface area contributed by atoms with E-state index >= 15 is 0 Å². The monoisotopic (exact) mass is 521 g/mol. The van der Waals surface area contributed by atoms with E-state index in [0.29, 0.717) is 30.4 Å². The number of aromatic amines is 1. The third-order valence-corrected chi connectivity index (χ3v) is 6.66. The van der Waals surface area contributed by atoms with Crippen LogP contribution >= 0.6 is 0 Å². The first-order valence-corrected chi connectivity index (χ1v) is 12.7. The smallest absolute Gasteiger partial charge is 0.287 e. The first-order valence-electron chi connectivity index (χ1n) is 12.7. The fourth-order valence-electron chi connectivity index (χ4n) is 4.91. The van der Waals surface area contributed by atoms with Crippen LogP contribution < -0.4 is 10.2 Å². The van der Waals surface area contributed by atoms with Gasteiger partial charge in [0.2, 0.25) is 0 Å². The van der Waals surface area contributed by atoms with Crippen LogP contribution in [0.1, 0.15) is 43.7 Å². The zero-order valence-electron chi connectivity index (χ0n) is 21.7.